The summed E-state index contributed by atoms with van der Waals surface area (Å²) in [5.74, 6) is 0. The Morgan fingerprint density at radius 1 is 0.357 bits per heavy atom. The molecule has 12 aromatic rings. The minimum absolute atomic E-state index is 0.504. The Kier molecular flexibility index (Phi) is 6.58. The number of nitrogens with zero attached hydrogens (tertiary/aromatic N) is 4. The lowest BCUT2D eigenvalue weighted by molar-refractivity contribution is 1.24. The standard InChI is InChI=1S/C48H30N6S2/c49-41-39(45-31-17-1-3-19-33(31)47(55-45)53-35-21-9-5-13-27(35)28-14-6-10-22-36(28)53)43-44(52-26-25-51-43)40(42(41)50)46-32-18-2-4-20-34(32)48(56-46)54-37-23-11-7-15-29(37)30-16-8-12-24-38(30)54/h1-26H,49-50H2. The van der Waals surface area contributed by atoms with Gasteiger partial charge in [0.2, 0.25) is 0 Å². The Morgan fingerprint density at radius 3 is 0.982 bits per heavy atom. The van der Waals surface area contributed by atoms with Crippen LogP contribution in [0.4, 0.5) is 11.4 Å². The quantitative estimate of drug-likeness (QED) is 0.175. The third-order valence-corrected chi connectivity index (χ3v) is 13.7. The topological polar surface area (TPSA) is 87.7 Å². The summed E-state index contributed by atoms with van der Waals surface area (Å²) in [6.07, 6.45) is 3.51. The van der Waals surface area contributed by atoms with Crippen LogP contribution in [-0.4, -0.2) is 19.1 Å². The van der Waals surface area contributed by atoms with E-state index >= 15 is 0 Å². The van der Waals surface area contributed by atoms with E-state index in [-0.39, 0.29) is 0 Å². The van der Waals surface area contributed by atoms with E-state index in [2.05, 4.69) is 155 Å². The molecule has 12 rings (SSSR count). The van der Waals surface area contributed by atoms with Crippen LogP contribution in [0.5, 0.6) is 0 Å². The first kappa shape index (κ1) is 31.4. The number of para-hydroxylation sites is 4. The Morgan fingerprint density at radius 2 is 0.643 bits per heavy atom. The molecular formula is C48H30N6S2. The smallest absolute Gasteiger partial charge is 0.109 e. The van der Waals surface area contributed by atoms with Gasteiger partial charge < -0.3 is 20.6 Å². The Hall–Kier alpha value is -7.00. The fourth-order valence-electron chi connectivity index (χ4n) is 8.82. The molecule has 0 amide bonds. The Labute approximate surface area is 328 Å². The molecule has 0 saturated heterocycles. The highest BCUT2D eigenvalue weighted by Gasteiger charge is 2.28. The lowest BCUT2D eigenvalue weighted by atomic mass is 9.97. The van der Waals surface area contributed by atoms with Gasteiger partial charge in [-0.05, 0) is 24.3 Å². The van der Waals surface area contributed by atoms with Gasteiger partial charge in [-0.2, -0.15) is 0 Å². The maximum Gasteiger partial charge on any atom is 0.109 e. The van der Waals surface area contributed by atoms with Crippen LogP contribution in [0.25, 0.3) is 107 Å². The number of hydrogen-bond acceptors (Lipinski definition) is 6. The Bertz CT molecular complexity index is 3240. The average molecular weight is 755 g/mol. The minimum atomic E-state index is 0.504. The number of thiophene rings is 2. The van der Waals surface area contributed by atoms with Crippen LogP contribution in [0.2, 0.25) is 0 Å². The van der Waals surface area contributed by atoms with Crippen LogP contribution in [0, 0.1) is 0 Å². The first-order valence-corrected chi connectivity index (χ1v) is 20.1. The third-order valence-electron chi connectivity index (χ3n) is 11.2. The molecule has 0 spiro atoms. The summed E-state index contributed by atoms with van der Waals surface area (Å²) >= 11 is 3.44. The van der Waals surface area contributed by atoms with Crippen molar-refractivity contribution in [2.75, 3.05) is 11.5 Å². The highest BCUT2D eigenvalue weighted by molar-refractivity contribution is 7.21. The number of rotatable bonds is 4. The molecule has 0 saturated carbocycles. The van der Waals surface area contributed by atoms with Gasteiger partial charge in [-0.3, -0.25) is 9.97 Å². The lowest BCUT2D eigenvalue weighted by Crippen LogP contribution is -2.03. The maximum atomic E-state index is 7.32. The van der Waals surface area contributed by atoms with Crippen molar-refractivity contribution in [1.82, 2.24) is 19.1 Å². The molecule has 5 heterocycles. The van der Waals surface area contributed by atoms with Crippen LogP contribution in [0.1, 0.15) is 0 Å². The van der Waals surface area contributed by atoms with Crippen LogP contribution in [-0.2, 0) is 0 Å². The highest BCUT2D eigenvalue weighted by atomic mass is 32.1. The van der Waals surface area contributed by atoms with Crippen molar-refractivity contribution >= 4 is 110 Å². The zero-order valence-corrected chi connectivity index (χ0v) is 31.4. The van der Waals surface area contributed by atoms with Gasteiger partial charge in [-0.1, -0.05) is 121 Å². The second-order valence-corrected chi connectivity index (χ2v) is 16.1. The molecular weight excluding hydrogens is 725 g/mol. The maximum absolute atomic E-state index is 7.32. The van der Waals surface area contributed by atoms with Crippen molar-refractivity contribution in [2.24, 2.45) is 0 Å². The van der Waals surface area contributed by atoms with Crippen molar-refractivity contribution in [3.8, 4) is 30.9 Å². The molecule has 7 aromatic carbocycles. The number of aromatic nitrogens is 4. The van der Waals surface area contributed by atoms with Gasteiger partial charge in [0, 0.05) is 76.4 Å². The molecule has 0 fully saturated rings. The summed E-state index contributed by atoms with van der Waals surface area (Å²) in [5, 5.41) is 11.6. The number of benzene rings is 7. The van der Waals surface area contributed by atoms with Gasteiger partial charge in [0.15, 0.2) is 0 Å². The van der Waals surface area contributed by atoms with E-state index in [0.717, 1.165) is 85.5 Å². The Balaban J connectivity index is 1.14. The van der Waals surface area contributed by atoms with Crippen molar-refractivity contribution < 1.29 is 0 Å². The van der Waals surface area contributed by atoms with Crippen molar-refractivity contribution in [3.05, 3.63) is 158 Å². The van der Waals surface area contributed by atoms with Gasteiger partial charge in [-0.25, -0.2) is 0 Å². The van der Waals surface area contributed by atoms with Gasteiger partial charge in [0.1, 0.15) is 21.0 Å². The summed E-state index contributed by atoms with van der Waals surface area (Å²) in [6.45, 7) is 0. The van der Waals surface area contributed by atoms with E-state index in [1.54, 1.807) is 35.1 Å². The highest BCUT2D eigenvalue weighted by Crippen LogP contribution is 2.53. The largest absolute Gasteiger partial charge is 0.396 e. The molecule has 0 atom stereocenters. The fraction of sp³-hybridized carbons (Fsp3) is 0. The predicted octanol–water partition coefficient (Wildman–Crippen LogP) is 12.8. The minimum Gasteiger partial charge on any atom is -0.396 e. The monoisotopic (exact) mass is 754 g/mol. The second-order valence-electron chi connectivity index (χ2n) is 14.1. The molecule has 0 aliphatic heterocycles. The fourth-order valence-corrected chi connectivity index (χ4v) is 11.6. The lowest BCUT2D eigenvalue weighted by Gasteiger charge is -2.16. The zero-order valence-electron chi connectivity index (χ0n) is 29.8. The van der Waals surface area contributed by atoms with Crippen LogP contribution in [0.15, 0.2) is 158 Å². The molecule has 5 aromatic heterocycles. The molecule has 0 bridgehead atoms. The number of nitrogens with two attached hydrogens (primary N) is 2. The van der Waals surface area contributed by atoms with Crippen LogP contribution in [0.3, 0.4) is 0 Å². The van der Waals surface area contributed by atoms with Crippen LogP contribution >= 0.6 is 22.7 Å². The molecule has 264 valence electrons. The SMILES string of the molecule is Nc1c(N)c(-c2sc(-n3c4ccccc4c4ccccc43)c3ccccc23)c2nccnc2c1-c1sc(-n2c3ccccc3c3ccccc32)c2ccccc12. The number of anilines is 2. The number of fused-ring (bicyclic) bond motifs is 9. The van der Waals surface area contributed by atoms with E-state index in [1.165, 1.54) is 21.5 Å². The second kappa shape index (κ2) is 11.7. The van der Waals surface area contributed by atoms with Gasteiger partial charge in [0.25, 0.3) is 0 Å². The molecule has 56 heavy (non-hydrogen) atoms. The molecule has 6 nitrogen and oxygen atoms in total. The molecule has 0 unspecified atom stereocenters. The third kappa shape index (κ3) is 4.19. The number of nitrogen functional groups attached to an aromatic ring is 2. The number of hydrogen-bond donors (Lipinski definition) is 2. The summed E-state index contributed by atoms with van der Waals surface area (Å²) in [7, 11) is 0. The summed E-state index contributed by atoms with van der Waals surface area (Å²) < 4.78 is 4.77. The van der Waals surface area contributed by atoms with Crippen molar-refractivity contribution in [1.29, 1.82) is 0 Å². The van der Waals surface area contributed by atoms with Gasteiger partial charge >= 0.3 is 0 Å². The van der Waals surface area contributed by atoms with E-state index in [9.17, 15) is 0 Å². The molecule has 4 N–H and O–H groups in total. The van der Waals surface area contributed by atoms with Crippen LogP contribution < -0.4 is 11.5 Å². The van der Waals surface area contributed by atoms with E-state index in [4.69, 9.17) is 21.4 Å². The molecule has 0 aliphatic rings. The first-order chi connectivity index (χ1) is 27.7. The molecule has 0 radical (unpaired) electrons. The molecule has 8 heteroatoms. The average Bonchev–Trinajstić information content (AvgIpc) is 4.00. The van der Waals surface area contributed by atoms with Crippen molar-refractivity contribution in [2.45, 2.75) is 0 Å². The summed E-state index contributed by atoms with van der Waals surface area (Å²) in [5.41, 5.74) is 23.3. The van der Waals surface area contributed by atoms with Gasteiger partial charge in [-0.15, -0.1) is 22.7 Å². The predicted molar refractivity (Wildman–Crippen MR) is 239 cm³/mol. The normalized spacial score (nSPS) is 12.1. The zero-order chi connectivity index (χ0) is 37.1. The van der Waals surface area contributed by atoms with Gasteiger partial charge in [0.05, 0.1) is 33.4 Å². The van der Waals surface area contributed by atoms with E-state index in [1.807, 2.05) is 0 Å². The van der Waals surface area contributed by atoms with Crippen molar-refractivity contribution in [3.63, 3.8) is 0 Å². The van der Waals surface area contributed by atoms with E-state index in [0.29, 0.717) is 11.4 Å². The summed E-state index contributed by atoms with van der Waals surface area (Å²) in [6, 6.07) is 51.6. The first-order valence-electron chi connectivity index (χ1n) is 18.5. The summed E-state index contributed by atoms with van der Waals surface area (Å²) in [4.78, 5) is 12.1. The molecule has 0 aliphatic carbocycles. The van der Waals surface area contributed by atoms with E-state index < -0.39 is 0 Å².